The van der Waals surface area contributed by atoms with Gasteiger partial charge in [0.15, 0.2) is 0 Å². The van der Waals surface area contributed by atoms with E-state index in [9.17, 15) is 24.3 Å². The molecule has 4 heterocycles. The number of hydrogen-bond acceptors (Lipinski definition) is 7. The van der Waals surface area contributed by atoms with Gasteiger partial charge in [0, 0.05) is 32.2 Å². The number of amides is 3. The molecule has 2 N–H and O–H groups in total. The standard InChI is InChI=1S/C31H45N3O7/c1-21-20-32-24(36)14-8-5-10-17-33(22-12-6-4-7-13-22)29(38)27-31-16-15-23(41-31)25(30(39)40-21)26(31)28(37)34(27)18-9-2-3-11-19-35/h5,10,15-16,21-23,25-27,35H,2-4,6-9,11-14,17-20H2,1H3,(H,32,36)/b10-5-/t21-,23+,25-,26-,27+,31-/m0/s1. The zero-order valence-electron chi connectivity index (χ0n) is 24.2. The Morgan fingerprint density at radius 1 is 1.02 bits per heavy atom. The van der Waals surface area contributed by atoms with E-state index in [0.29, 0.717) is 38.8 Å². The first kappa shape index (κ1) is 29.8. The van der Waals surface area contributed by atoms with Crippen LogP contribution in [-0.2, 0) is 28.7 Å². The van der Waals surface area contributed by atoms with Crippen molar-refractivity contribution in [2.24, 2.45) is 11.8 Å². The molecule has 10 nitrogen and oxygen atoms in total. The number of likely N-dealkylation sites (tertiary alicyclic amines) is 1. The molecule has 6 atom stereocenters. The number of carbonyl (C=O) groups is 4. The molecule has 226 valence electrons. The van der Waals surface area contributed by atoms with Crippen molar-refractivity contribution >= 4 is 23.7 Å². The van der Waals surface area contributed by atoms with Gasteiger partial charge in [-0.05, 0) is 39.0 Å². The Kier molecular flexibility index (Phi) is 9.49. The first-order chi connectivity index (χ1) is 19.9. The van der Waals surface area contributed by atoms with Crippen LogP contribution in [0.3, 0.4) is 0 Å². The van der Waals surface area contributed by atoms with Gasteiger partial charge in [-0.1, -0.05) is 56.4 Å². The van der Waals surface area contributed by atoms with Crippen LogP contribution in [0.2, 0.25) is 0 Å². The number of nitrogens with one attached hydrogen (secondary N) is 1. The second-order valence-electron chi connectivity index (χ2n) is 12.2. The smallest absolute Gasteiger partial charge is 0.313 e. The van der Waals surface area contributed by atoms with Gasteiger partial charge in [0.25, 0.3) is 0 Å². The number of cyclic esters (lactones) is 1. The highest BCUT2D eigenvalue weighted by atomic mass is 16.6. The first-order valence-electron chi connectivity index (χ1n) is 15.6. The molecular formula is C31H45N3O7. The van der Waals surface area contributed by atoms with E-state index in [4.69, 9.17) is 9.47 Å². The van der Waals surface area contributed by atoms with Crippen LogP contribution in [0.15, 0.2) is 24.3 Å². The minimum Gasteiger partial charge on any atom is -0.460 e. The van der Waals surface area contributed by atoms with Crippen LogP contribution in [0.25, 0.3) is 0 Å². The summed E-state index contributed by atoms with van der Waals surface area (Å²) in [4.78, 5) is 58.3. The van der Waals surface area contributed by atoms with Gasteiger partial charge < -0.3 is 29.7 Å². The van der Waals surface area contributed by atoms with Gasteiger partial charge in [-0.2, -0.15) is 0 Å². The highest BCUT2D eigenvalue weighted by Gasteiger charge is 2.73. The molecule has 5 bridgehead atoms. The molecule has 4 aliphatic heterocycles. The number of carbonyl (C=O) groups excluding carboxylic acids is 4. The molecule has 0 aromatic heterocycles. The van der Waals surface area contributed by atoms with Gasteiger partial charge in [0.2, 0.25) is 17.7 Å². The Balaban J connectivity index is 1.50. The number of aliphatic hydroxyl groups is 1. The Labute approximate surface area is 242 Å². The van der Waals surface area contributed by atoms with Gasteiger partial charge in [0.1, 0.15) is 23.7 Å². The first-order valence-corrected chi connectivity index (χ1v) is 15.6. The summed E-state index contributed by atoms with van der Waals surface area (Å²) >= 11 is 0. The van der Waals surface area contributed by atoms with Crippen LogP contribution in [-0.4, -0.2) is 94.7 Å². The maximum Gasteiger partial charge on any atom is 0.313 e. The number of aliphatic hydroxyl groups excluding tert-OH is 1. The van der Waals surface area contributed by atoms with Crippen molar-refractivity contribution in [2.45, 2.75) is 107 Å². The molecule has 0 radical (unpaired) electrons. The average Bonchev–Trinajstić information content (AvgIpc) is 3.61. The lowest BCUT2D eigenvalue weighted by molar-refractivity contribution is -0.158. The van der Waals surface area contributed by atoms with Crippen LogP contribution in [0.5, 0.6) is 0 Å². The molecule has 1 aliphatic carbocycles. The predicted molar refractivity (Wildman–Crippen MR) is 150 cm³/mol. The number of esters is 1. The molecule has 5 aliphatic rings. The Morgan fingerprint density at radius 2 is 1.80 bits per heavy atom. The summed E-state index contributed by atoms with van der Waals surface area (Å²) in [5, 5.41) is 12.0. The van der Waals surface area contributed by atoms with Gasteiger partial charge in [-0.25, -0.2) is 0 Å². The fourth-order valence-corrected chi connectivity index (χ4v) is 7.36. The third-order valence-corrected chi connectivity index (χ3v) is 9.40. The van der Waals surface area contributed by atoms with Crippen molar-refractivity contribution < 1.29 is 33.8 Å². The van der Waals surface area contributed by atoms with Crippen molar-refractivity contribution in [1.82, 2.24) is 15.1 Å². The van der Waals surface area contributed by atoms with Crippen molar-refractivity contribution in [3.05, 3.63) is 24.3 Å². The molecule has 10 heteroatoms. The van der Waals surface area contributed by atoms with Crippen molar-refractivity contribution in [3.8, 4) is 0 Å². The Bertz CT molecular complexity index is 1050. The minimum absolute atomic E-state index is 0.0624. The zero-order valence-corrected chi connectivity index (χ0v) is 24.2. The lowest BCUT2D eigenvalue weighted by atomic mass is 9.74. The molecule has 0 unspecified atom stereocenters. The number of hydrogen-bond donors (Lipinski definition) is 2. The maximum atomic E-state index is 14.7. The summed E-state index contributed by atoms with van der Waals surface area (Å²) in [5.41, 5.74) is -1.21. The molecule has 0 aromatic carbocycles. The van der Waals surface area contributed by atoms with E-state index in [2.05, 4.69) is 5.32 Å². The molecule has 3 fully saturated rings. The number of nitrogens with zero attached hydrogens (tertiary/aromatic N) is 2. The second kappa shape index (κ2) is 13.1. The van der Waals surface area contributed by atoms with Gasteiger partial charge in [0.05, 0.1) is 18.6 Å². The third-order valence-electron chi connectivity index (χ3n) is 9.40. The van der Waals surface area contributed by atoms with E-state index in [-0.39, 0.29) is 36.9 Å². The third kappa shape index (κ3) is 5.95. The van der Waals surface area contributed by atoms with Gasteiger partial charge >= 0.3 is 5.97 Å². The van der Waals surface area contributed by atoms with Gasteiger partial charge in [-0.15, -0.1) is 0 Å². The van der Waals surface area contributed by atoms with Crippen LogP contribution >= 0.6 is 0 Å². The van der Waals surface area contributed by atoms with Crippen LogP contribution in [0, 0.1) is 11.8 Å². The van der Waals surface area contributed by atoms with E-state index >= 15 is 0 Å². The van der Waals surface area contributed by atoms with Crippen LogP contribution in [0.4, 0.5) is 0 Å². The monoisotopic (exact) mass is 571 g/mol. The number of fused-ring (bicyclic) bond motifs is 2. The van der Waals surface area contributed by atoms with Crippen LogP contribution < -0.4 is 5.32 Å². The van der Waals surface area contributed by atoms with E-state index in [0.717, 1.165) is 44.9 Å². The van der Waals surface area contributed by atoms with E-state index < -0.39 is 41.7 Å². The molecule has 41 heavy (non-hydrogen) atoms. The molecule has 1 saturated carbocycles. The van der Waals surface area contributed by atoms with Crippen molar-refractivity contribution in [1.29, 1.82) is 0 Å². The summed E-state index contributed by atoms with van der Waals surface area (Å²) in [6.07, 6.45) is 15.3. The SMILES string of the molecule is C[C@H]1CNC(=O)CC/C=C\CN(C2CCCCC2)C(=O)[C@H]2N(CCCCCCO)C(=O)[C@@H]3[C@@H](C(=O)O1)[C@H]1C=C[C@]32O1. The molecular weight excluding hydrogens is 526 g/mol. The Hall–Kier alpha value is -2.72. The lowest BCUT2D eigenvalue weighted by Crippen LogP contribution is -2.58. The fraction of sp³-hybridized carbons (Fsp3) is 0.742. The van der Waals surface area contributed by atoms with Gasteiger partial charge in [-0.3, -0.25) is 19.2 Å². The minimum atomic E-state index is -1.21. The van der Waals surface area contributed by atoms with Crippen molar-refractivity contribution in [3.63, 3.8) is 0 Å². The van der Waals surface area contributed by atoms with Crippen molar-refractivity contribution in [2.75, 3.05) is 26.2 Å². The summed E-state index contributed by atoms with van der Waals surface area (Å²) in [5.74, 6) is -2.72. The highest BCUT2D eigenvalue weighted by molar-refractivity contribution is 5.99. The molecule has 2 saturated heterocycles. The van der Waals surface area contributed by atoms with E-state index in [1.165, 1.54) is 0 Å². The zero-order chi connectivity index (χ0) is 29.0. The Morgan fingerprint density at radius 3 is 2.59 bits per heavy atom. The molecule has 1 spiro atoms. The summed E-state index contributed by atoms with van der Waals surface area (Å²) < 4.78 is 12.2. The van der Waals surface area contributed by atoms with E-state index in [1.54, 1.807) is 11.8 Å². The number of rotatable bonds is 7. The molecule has 5 rings (SSSR count). The maximum absolute atomic E-state index is 14.7. The van der Waals surface area contributed by atoms with E-state index in [1.807, 2.05) is 29.2 Å². The quantitative estimate of drug-likeness (QED) is 0.273. The second-order valence-corrected chi connectivity index (χ2v) is 12.2. The topological polar surface area (TPSA) is 125 Å². The lowest BCUT2D eigenvalue weighted by Gasteiger charge is -2.40. The summed E-state index contributed by atoms with van der Waals surface area (Å²) in [6, 6.07) is -0.795. The summed E-state index contributed by atoms with van der Waals surface area (Å²) in [6.45, 7) is 2.82. The largest absolute Gasteiger partial charge is 0.460 e. The summed E-state index contributed by atoms with van der Waals surface area (Å²) in [7, 11) is 0. The number of allylic oxidation sites excluding steroid dienone is 1. The number of ether oxygens (including phenoxy) is 2. The normalized spacial score (nSPS) is 35.5. The fourth-order valence-electron chi connectivity index (χ4n) is 7.36. The molecule has 0 aromatic rings. The van der Waals surface area contributed by atoms with Crippen LogP contribution in [0.1, 0.15) is 77.6 Å². The highest BCUT2D eigenvalue weighted by Crippen LogP contribution is 2.55. The average molecular weight is 572 g/mol. The number of unbranched alkanes of at least 4 members (excludes halogenated alkanes) is 3. The molecule has 3 amide bonds. The predicted octanol–water partition coefficient (Wildman–Crippen LogP) is 2.25.